The molecule has 29 heavy (non-hydrogen) atoms. The molecule has 0 atom stereocenters. The van der Waals surface area contributed by atoms with Crippen LogP contribution in [0.1, 0.15) is 38.8 Å². The Labute approximate surface area is 173 Å². The van der Waals surface area contributed by atoms with E-state index in [0.717, 1.165) is 18.8 Å². The third kappa shape index (κ3) is 6.24. The SMILES string of the molecule is CCN(CC)c1ccc(C=NC(C)(C)CN=Cc2ccc(OC)cc2O)c(O)c1. The maximum atomic E-state index is 10.3. The second-order valence-electron chi connectivity index (χ2n) is 7.38. The Morgan fingerprint density at radius 1 is 0.966 bits per heavy atom. The van der Waals surface area contributed by atoms with Crippen LogP contribution in [0, 0.1) is 0 Å². The monoisotopic (exact) mass is 397 g/mol. The molecule has 2 N–H and O–H groups in total. The molecule has 2 aromatic carbocycles. The molecule has 0 aliphatic heterocycles. The van der Waals surface area contributed by atoms with Crippen molar-refractivity contribution in [3.8, 4) is 17.2 Å². The van der Waals surface area contributed by atoms with Gasteiger partial charge in [-0.1, -0.05) is 0 Å². The molecule has 0 unspecified atom stereocenters. The van der Waals surface area contributed by atoms with Crippen molar-refractivity contribution in [3.05, 3.63) is 47.5 Å². The van der Waals surface area contributed by atoms with Crippen molar-refractivity contribution in [1.82, 2.24) is 0 Å². The Morgan fingerprint density at radius 2 is 1.59 bits per heavy atom. The van der Waals surface area contributed by atoms with E-state index in [0.29, 0.717) is 23.4 Å². The number of nitrogens with zero attached hydrogens (tertiary/aromatic N) is 3. The molecular formula is C23H31N3O3. The highest BCUT2D eigenvalue weighted by atomic mass is 16.5. The van der Waals surface area contributed by atoms with Crippen LogP contribution in [0.5, 0.6) is 17.2 Å². The molecule has 156 valence electrons. The van der Waals surface area contributed by atoms with E-state index < -0.39 is 5.54 Å². The zero-order valence-corrected chi connectivity index (χ0v) is 17.9. The molecule has 2 rings (SSSR count). The summed E-state index contributed by atoms with van der Waals surface area (Å²) in [7, 11) is 1.55. The summed E-state index contributed by atoms with van der Waals surface area (Å²) in [6, 6.07) is 10.7. The number of benzene rings is 2. The maximum Gasteiger partial charge on any atom is 0.128 e. The molecule has 6 nitrogen and oxygen atoms in total. The number of hydrogen-bond donors (Lipinski definition) is 2. The minimum absolute atomic E-state index is 0.118. The number of rotatable bonds is 9. The maximum absolute atomic E-state index is 10.3. The van der Waals surface area contributed by atoms with Gasteiger partial charge in [-0.2, -0.15) is 0 Å². The number of anilines is 1. The van der Waals surface area contributed by atoms with Gasteiger partial charge in [-0.3, -0.25) is 9.98 Å². The summed E-state index contributed by atoms with van der Waals surface area (Å²) in [4.78, 5) is 11.2. The van der Waals surface area contributed by atoms with Crippen LogP contribution >= 0.6 is 0 Å². The van der Waals surface area contributed by atoms with Gasteiger partial charge in [-0.15, -0.1) is 0 Å². The Hall–Kier alpha value is -3.02. The molecular weight excluding hydrogens is 366 g/mol. The fraction of sp³-hybridized carbons (Fsp3) is 0.391. The lowest BCUT2D eigenvalue weighted by Crippen LogP contribution is -2.22. The van der Waals surface area contributed by atoms with E-state index >= 15 is 0 Å². The van der Waals surface area contributed by atoms with Gasteiger partial charge in [-0.25, -0.2) is 0 Å². The summed E-state index contributed by atoms with van der Waals surface area (Å²) < 4.78 is 5.08. The van der Waals surface area contributed by atoms with Crippen LogP contribution in [0.4, 0.5) is 5.69 Å². The zero-order chi connectivity index (χ0) is 21.4. The van der Waals surface area contributed by atoms with E-state index in [1.807, 2.05) is 26.0 Å². The van der Waals surface area contributed by atoms with Crippen LogP contribution in [0.3, 0.4) is 0 Å². The van der Waals surface area contributed by atoms with Crippen LogP contribution in [0.25, 0.3) is 0 Å². The van der Waals surface area contributed by atoms with Gasteiger partial charge in [0.2, 0.25) is 0 Å². The van der Waals surface area contributed by atoms with Gasteiger partial charge in [0.05, 0.1) is 19.2 Å². The van der Waals surface area contributed by atoms with E-state index in [9.17, 15) is 10.2 Å². The average molecular weight is 398 g/mol. The minimum atomic E-state index is -0.456. The summed E-state index contributed by atoms with van der Waals surface area (Å²) >= 11 is 0. The van der Waals surface area contributed by atoms with Crippen molar-refractivity contribution in [2.75, 3.05) is 31.6 Å². The molecule has 0 aliphatic rings. The van der Waals surface area contributed by atoms with Gasteiger partial charge in [-0.05, 0) is 52.0 Å². The molecule has 0 aromatic heterocycles. The first kappa shape index (κ1) is 22.3. The van der Waals surface area contributed by atoms with E-state index in [4.69, 9.17) is 4.74 Å². The number of methoxy groups -OCH3 is 1. The molecule has 0 bridgehead atoms. The molecule has 0 radical (unpaired) electrons. The fourth-order valence-electron chi connectivity index (χ4n) is 2.84. The summed E-state index contributed by atoms with van der Waals surface area (Å²) in [5.74, 6) is 0.921. The smallest absolute Gasteiger partial charge is 0.128 e. The number of hydrogen-bond acceptors (Lipinski definition) is 6. The van der Waals surface area contributed by atoms with Crippen molar-refractivity contribution in [1.29, 1.82) is 0 Å². The lowest BCUT2D eigenvalue weighted by atomic mass is 10.1. The third-order valence-corrected chi connectivity index (χ3v) is 4.64. The topological polar surface area (TPSA) is 77.7 Å². The Balaban J connectivity index is 2.05. The zero-order valence-electron chi connectivity index (χ0n) is 17.9. The third-order valence-electron chi connectivity index (χ3n) is 4.64. The largest absolute Gasteiger partial charge is 0.507 e. The highest BCUT2D eigenvalue weighted by Crippen LogP contribution is 2.25. The van der Waals surface area contributed by atoms with Crippen molar-refractivity contribution >= 4 is 18.1 Å². The molecule has 6 heteroatoms. The van der Waals surface area contributed by atoms with Crippen molar-refractivity contribution < 1.29 is 14.9 Å². The Morgan fingerprint density at radius 3 is 2.17 bits per heavy atom. The lowest BCUT2D eigenvalue weighted by molar-refractivity contribution is 0.407. The van der Waals surface area contributed by atoms with Crippen LogP contribution in [0.15, 0.2) is 46.4 Å². The summed E-state index contributed by atoms with van der Waals surface area (Å²) in [6.07, 6.45) is 3.31. The number of phenolic OH excluding ortho intramolecular Hbond substituents is 2. The lowest BCUT2D eigenvalue weighted by Gasteiger charge is -2.21. The predicted octanol–water partition coefficient (Wildman–Crippen LogP) is 4.27. The van der Waals surface area contributed by atoms with Crippen molar-refractivity contribution in [3.63, 3.8) is 0 Å². The number of ether oxygens (including phenoxy) is 1. The quantitative estimate of drug-likeness (QED) is 0.620. The van der Waals surface area contributed by atoms with Crippen molar-refractivity contribution in [2.45, 2.75) is 33.2 Å². The molecule has 0 saturated heterocycles. The minimum Gasteiger partial charge on any atom is -0.507 e. The summed E-state index contributed by atoms with van der Waals surface area (Å²) in [6.45, 7) is 10.3. The number of phenols is 2. The van der Waals surface area contributed by atoms with Gasteiger partial charge in [0, 0.05) is 54.5 Å². The standard InChI is InChI=1S/C23H31N3O3/c1-6-26(7-2)19-10-8-18(21(27)12-19)15-25-23(3,4)16-24-14-17-9-11-20(29-5)13-22(17)28/h8-15,27-28H,6-7,16H2,1-5H3. The van der Waals surface area contributed by atoms with Crippen LogP contribution in [-0.2, 0) is 0 Å². The molecule has 0 saturated carbocycles. The van der Waals surface area contributed by atoms with Gasteiger partial charge in [0.25, 0.3) is 0 Å². The predicted molar refractivity (Wildman–Crippen MR) is 120 cm³/mol. The molecule has 0 amide bonds. The van der Waals surface area contributed by atoms with Gasteiger partial charge < -0.3 is 19.8 Å². The molecule has 0 spiro atoms. The van der Waals surface area contributed by atoms with E-state index in [1.165, 1.54) is 0 Å². The second-order valence-corrected chi connectivity index (χ2v) is 7.38. The van der Waals surface area contributed by atoms with Crippen LogP contribution < -0.4 is 9.64 Å². The summed E-state index contributed by atoms with van der Waals surface area (Å²) in [5.41, 5.74) is 1.83. The second kappa shape index (κ2) is 9.96. The number of aliphatic imine (C=N–C) groups is 2. The average Bonchev–Trinajstić information content (AvgIpc) is 2.69. The first-order valence-corrected chi connectivity index (χ1v) is 9.79. The van der Waals surface area contributed by atoms with Crippen LogP contribution in [0.2, 0.25) is 0 Å². The highest BCUT2D eigenvalue weighted by Gasteiger charge is 2.15. The molecule has 0 aliphatic carbocycles. The van der Waals surface area contributed by atoms with Gasteiger partial charge in [0.15, 0.2) is 0 Å². The summed E-state index contributed by atoms with van der Waals surface area (Å²) in [5, 5.41) is 20.3. The van der Waals surface area contributed by atoms with Gasteiger partial charge >= 0.3 is 0 Å². The fourth-order valence-corrected chi connectivity index (χ4v) is 2.84. The Kier molecular flexibility index (Phi) is 7.65. The van der Waals surface area contributed by atoms with E-state index in [1.54, 1.807) is 43.8 Å². The van der Waals surface area contributed by atoms with E-state index in [2.05, 4.69) is 28.7 Å². The molecule has 2 aromatic rings. The normalized spacial score (nSPS) is 12.0. The highest BCUT2D eigenvalue weighted by molar-refractivity contribution is 5.85. The molecule has 0 heterocycles. The Bertz CT molecular complexity index is 872. The first-order chi connectivity index (χ1) is 13.8. The first-order valence-electron chi connectivity index (χ1n) is 9.79. The molecule has 0 fully saturated rings. The van der Waals surface area contributed by atoms with Gasteiger partial charge in [0.1, 0.15) is 17.2 Å². The van der Waals surface area contributed by atoms with Crippen LogP contribution in [-0.4, -0.2) is 54.9 Å². The van der Waals surface area contributed by atoms with Crippen molar-refractivity contribution in [2.24, 2.45) is 9.98 Å². The van der Waals surface area contributed by atoms with E-state index in [-0.39, 0.29) is 11.5 Å². The number of aromatic hydroxyl groups is 2.